The van der Waals surface area contributed by atoms with E-state index < -0.39 is 0 Å². The van der Waals surface area contributed by atoms with Crippen molar-refractivity contribution in [3.05, 3.63) is 29.8 Å². The van der Waals surface area contributed by atoms with Gasteiger partial charge in [0, 0.05) is 25.2 Å². The standard InChI is InChI=1S/C12H17NO2/c1-15-12-5-3-2-4-10(12)8-13-7-6-11(14)9-13/h2-5,11,14H,6-9H2,1H3/t11-/m0/s1. The van der Waals surface area contributed by atoms with Crippen LogP contribution < -0.4 is 4.74 Å². The van der Waals surface area contributed by atoms with E-state index in [0.29, 0.717) is 0 Å². The highest BCUT2D eigenvalue weighted by Crippen LogP contribution is 2.21. The number of likely N-dealkylation sites (tertiary alicyclic amines) is 1. The van der Waals surface area contributed by atoms with Crippen LogP contribution in [0.15, 0.2) is 24.3 Å². The maximum atomic E-state index is 9.43. The SMILES string of the molecule is COc1ccccc1CN1CC[C@H](O)C1. The van der Waals surface area contributed by atoms with E-state index in [-0.39, 0.29) is 6.10 Å². The number of β-amino-alcohol motifs (C(OH)–C–C–N with tert-alkyl or cyclic N) is 1. The van der Waals surface area contributed by atoms with Crippen LogP contribution in [-0.2, 0) is 6.54 Å². The minimum Gasteiger partial charge on any atom is -0.496 e. The molecular formula is C12H17NO2. The Bertz CT molecular complexity index is 327. The van der Waals surface area contributed by atoms with Crippen LogP contribution in [-0.4, -0.2) is 36.3 Å². The Hall–Kier alpha value is -1.06. The molecule has 1 aromatic carbocycles. The highest BCUT2D eigenvalue weighted by atomic mass is 16.5. The van der Waals surface area contributed by atoms with Gasteiger partial charge in [-0.25, -0.2) is 0 Å². The normalized spacial score (nSPS) is 21.9. The Morgan fingerprint density at radius 1 is 1.47 bits per heavy atom. The second-order valence-corrected chi connectivity index (χ2v) is 3.99. The van der Waals surface area contributed by atoms with Crippen molar-refractivity contribution in [3.8, 4) is 5.75 Å². The lowest BCUT2D eigenvalue weighted by Crippen LogP contribution is -2.21. The van der Waals surface area contributed by atoms with Gasteiger partial charge in [-0.3, -0.25) is 4.90 Å². The van der Waals surface area contributed by atoms with Crippen molar-refractivity contribution < 1.29 is 9.84 Å². The number of rotatable bonds is 3. The summed E-state index contributed by atoms with van der Waals surface area (Å²) in [6.07, 6.45) is 0.731. The minimum absolute atomic E-state index is 0.153. The predicted molar refractivity (Wildman–Crippen MR) is 58.9 cm³/mol. The second kappa shape index (κ2) is 4.64. The first-order valence-electron chi connectivity index (χ1n) is 5.32. The molecule has 3 heteroatoms. The zero-order valence-electron chi connectivity index (χ0n) is 9.02. The van der Waals surface area contributed by atoms with Crippen LogP contribution in [0.25, 0.3) is 0 Å². The van der Waals surface area contributed by atoms with Crippen molar-refractivity contribution in [2.75, 3.05) is 20.2 Å². The second-order valence-electron chi connectivity index (χ2n) is 3.99. The molecular weight excluding hydrogens is 190 g/mol. The van der Waals surface area contributed by atoms with Crippen LogP contribution in [0.4, 0.5) is 0 Å². The first kappa shape index (κ1) is 10.5. The molecule has 1 aliphatic rings. The molecule has 3 nitrogen and oxygen atoms in total. The molecule has 1 fully saturated rings. The third-order valence-corrected chi connectivity index (χ3v) is 2.83. The number of hydrogen-bond acceptors (Lipinski definition) is 3. The number of para-hydroxylation sites is 1. The summed E-state index contributed by atoms with van der Waals surface area (Å²) >= 11 is 0. The van der Waals surface area contributed by atoms with Gasteiger partial charge in [-0.1, -0.05) is 18.2 Å². The summed E-state index contributed by atoms with van der Waals surface area (Å²) in [5, 5.41) is 9.43. The van der Waals surface area contributed by atoms with Crippen molar-refractivity contribution >= 4 is 0 Å². The quantitative estimate of drug-likeness (QED) is 0.810. The zero-order chi connectivity index (χ0) is 10.7. The fourth-order valence-electron chi connectivity index (χ4n) is 2.03. The molecule has 0 unspecified atom stereocenters. The lowest BCUT2D eigenvalue weighted by atomic mass is 10.2. The summed E-state index contributed by atoms with van der Waals surface area (Å²) in [6, 6.07) is 8.04. The summed E-state index contributed by atoms with van der Waals surface area (Å²) in [5.74, 6) is 0.930. The van der Waals surface area contributed by atoms with Gasteiger partial charge in [0.25, 0.3) is 0 Å². The van der Waals surface area contributed by atoms with Gasteiger partial charge in [0.15, 0.2) is 0 Å². The van der Waals surface area contributed by atoms with Gasteiger partial charge >= 0.3 is 0 Å². The van der Waals surface area contributed by atoms with Crippen LogP contribution >= 0.6 is 0 Å². The van der Waals surface area contributed by atoms with Crippen LogP contribution in [0, 0.1) is 0 Å². The van der Waals surface area contributed by atoms with E-state index in [9.17, 15) is 5.11 Å². The van der Waals surface area contributed by atoms with Gasteiger partial charge < -0.3 is 9.84 Å². The predicted octanol–water partition coefficient (Wildman–Crippen LogP) is 1.26. The maximum absolute atomic E-state index is 9.43. The molecule has 0 bridgehead atoms. The van der Waals surface area contributed by atoms with Gasteiger partial charge in [-0.2, -0.15) is 0 Å². The smallest absolute Gasteiger partial charge is 0.123 e. The highest BCUT2D eigenvalue weighted by Gasteiger charge is 2.20. The molecule has 15 heavy (non-hydrogen) atoms. The summed E-state index contributed by atoms with van der Waals surface area (Å²) < 4.78 is 5.29. The Kier molecular flexibility index (Phi) is 3.23. The van der Waals surface area contributed by atoms with Crippen LogP contribution in [0.2, 0.25) is 0 Å². The van der Waals surface area contributed by atoms with Crippen molar-refractivity contribution in [1.82, 2.24) is 4.90 Å². The molecule has 1 aromatic rings. The first-order chi connectivity index (χ1) is 7.29. The fraction of sp³-hybridized carbons (Fsp3) is 0.500. The largest absolute Gasteiger partial charge is 0.496 e. The number of nitrogens with zero attached hydrogens (tertiary/aromatic N) is 1. The van der Waals surface area contributed by atoms with Crippen molar-refractivity contribution in [2.45, 2.75) is 19.1 Å². The van der Waals surface area contributed by atoms with E-state index in [4.69, 9.17) is 4.74 Å². The third-order valence-electron chi connectivity index (χ3n) is 2.83. The monoisotopic (exact) mass is 207 g/mol. The fourth-order valence-corrected chi connectivity index (χ4v) is 2.03. The van der Waals surface area contributed by atoms with Gasteiger partial charge in [0.2, 0.25) is 0 Å². The molecule has 2 rings (SSSR count). The number of benzene rings is 1. The maximum Gasteiger partial charge on any atom is 0.123 e. The third kappa shape index (κ3) is 2.49. The number of aliphatic hydroxyl groups excluding tert-OH is 1. The van der Waals surface area contributed by atoms with E-state index in [2.05, 4.69) is 11.0 Å². The zero-order valence-corrected chi connectivity index (χ0v) is 9.02. The van der Waals surface area contributed by atoms with E-state index in [1.807, 2.05) is 18.2 Å². The van der Waals surface area contributed by atoms with Gasteiger partial charge in [0.05, 0.1) is 13.2 Å². The molecule has 0 spiro atoms. The molecule has 0 aromatic heterocycles. The van der Waals surface area contributed by atoms with E-state index in [0.717, 1.165) is 31.8 Å². The minimum atomic E-state index is -0.153. The molecule has 1 atom stereocenters. The molecule has 1 aliphatic heterocycles. The number of ether oxygens (including phenoxy) is 1. The first-order valence-corrected chi connectivity index (χ1v) is 5.32. The van der Waals surface area contributed by atoms with Crippen molar-refractivity contribution in [2.24, 2.45) is 0 Å². The number of methoxy groups -OCH3 is 1. The Morgan fingerprint density at radius 2 is 2.27 bits per heavy atom. The molecule has 82 valence electrons. The lowest BCUT2D eigenvalue weighted by molar-refractivity contribution is 0.174. The number of aliphatic hydroxyl groups is 1. The van der Waals surface area contributed by atoms with Crippen LogP contribution in [0.5, 0.6) is 5.75 Å². The Balaban J connectivity index is 2.04. The molecule has 1 heterocycles. The lowest BCUT2D eigenvalue weighted by Gasteiger charge is -2.16. The number of hydrogen-bond donors (Lipinski definition) is 1. The van der Waals surface area contributed by atoms with E-state index in [1.54, 1.807) is 7.11 Å². The summed E-state index contributed by atoms with van der Waals surface area (Å²) in [4.78, 5) is 2.25. The molecule has 0 aliphatic carbocycles. The van der Waals surface area contributed by atoms with Gasteiger partial charge in [0.1, 0.15) is 5.75 Å². The van der Waals surface area contributed by atoms with Gasteiger partial charge in [-0.15, -0.1) is 0 Å². The van der Waals surface area contributed by atoms with Gasteiger partial charge in [-0.05, 0) is 12.5 Å². The molecule has 0 radical (unpaired) electrons. The summed E-state index contributed by atoms with van der Waals surface area (Å²) in [6.45, 7) is 2.61. The van der Waals surface area contributed by atoms with Crippen LogP contribution in [0.1, 0.15) is 12.0 Å². The van der Waals surface area contributed by atoms with E-state index in [1.165, 1.54) is 5.56 Å². The highest BCUT2D eigenvalue weighted by molar-refractivity contribution is 5.33. The molecule has 0 amide bonds. The summed E-state index contributed by atoms with van der Waals surface area (Å²) in [5.41, 5.74) is 1.19. The Morgan fingerprint density at radius 3 is 2.93 bits per heavy atom. The average Bonchev–Trinajstić information content (AvgIpc) is 2.65. The van der Waals surface area contributed by atoms with Crippen molar-refractivity contribution in [3.63, 3.8) is 0 Å². The average molecular weight is 207 g/mol. The van der Waals surface area contributed by atoms with Crippen molar-refractivity contribution in [1.29, 1.82) is 0 Å². The van der Waals surface area contributed by atoms with E-state index >= 15 is 0 Å². The topological polar surface area (TPSA) is 32.7 Å². The molecule has 0 saturated carbocycles. The molecule has 1 N–H and O–H groups in total. The summed E-state index contributed by atoms with van der Waals surface area (Å²) in [7, 11) is 1.69. The molecule has 1 saturated heterocycles. The van der Waals surface area contributed by atoms with Crippen LogP contribution in [0.3, 0.4) is 0 Å². The Labute approximate surface area is 90.3 Å².